The molecule has 0 unspecified atom stereocenters. The van der Waals surface area contributed by atoms with E-state index in [1.165, 1.54) is 12.1 Å². The van der Waals surface area contributed by atoms with Crippen molar-refractivity contribution in [2.75, 3.05) is 5.32 Å². The van der Waals surface area contributed by atoms with E-state index in [2.05, 4.69) is 11.4 Å². The van der Waals surface area contributed by atoms with Crippen molar-refractivity contribution in [1.82, 2.24) is 0 Å². The molecule has 3 aromatic carbocycles. The summed E-state index contributed by atoms with van der Waals surface area (Å²) in [6, 6.07) is 19.0. The summed E-state index contributed by atoms with van der Waals surface area (Å²) in [5, 5.41) is 23.2. The zero-order chi connectivity index (χ0) is 20.3. The molecular weight excluding hydrogens is 395 g/mol. The summed E-state index contributed by atoms with van der Waals surface area (Å²) >= 11 is 12.4. The summed E-state index contributed by atoms with van der Waals surface area (Å²) in [5.41, 5.74) is 2.84. The van der Waals surface area contributed by atoms with Gasteiger partial charge < -0.3 is 10.4 Å². The number of nitrogens with zero attached hydrogens (tertiary/aromatic N) is 1. The van der Waals surface area contributed by atoms with Gasteiger partial charge in [0.15, 0.2) is 0 Å². The van der Waals surface area contributed by atoms with Crippen molar-refractivity contribution in [1.29, 1.82) is 5.26 Å². The molecule has 1 atom stereocenters. The van der Waals surface area contributed by atoms with Crippen LogP contribution in [0.15, 0.2) is 60.7 Å². The fourth-order valence-corrected chi connectivity index (χ4v) is 3.29. The van der Waals surface area contributed by atoms with Crippen LogP contribution in [0, 0.1) is 18.3 Å². The highest BCUT2D eigenvalue weighted by Crippen LogP contribution is 2.34. The minimum atomic E-state index is -0.564. The lowest BCUT2D eigenvalue weighted by molar-refractivity contribution is 0.102. The van der Waals surface area contributed by atoms with Crippen LogP contribution in [0.4, 0.5) is 5.69 Å². The molecule has 0 bridgehead atoms. The second kappa shape index (κ2) is 8.35. The van der Waals surface area contributed by atoms with E-state index >= 15 is 0 Å². The fraction of sp³-hybridized carbons (Fsp3) is 0.0909. The van der Waals surface area contributed by atoms with Crippen molar-refractivity contribution < 1.29 is 9.90 Å². The van der Waals surface area contributed by atoms with Crippen molar-refractivity contribution in [3.05, 3.63) is 93.0 Å². The van der Waals surface area contributed by atoms with E-state index in [0.717, 1.165) is 11.1 Å². The van der Waals surface area contributed by atoms with Gasteiger partial charge in [-0.2, -0.15) is 5.26 Å². The van der Waals surface area contributed by atoms with Crippen molar-refractivity contribution in [2.24, 2.45) is 0 Å². The van der Waals surface area contributed by atoms with Gasteiger partial charge in [-0.05, 0) is 53.9 Å². The lowest BCUT2D eigenvalue weighted by Gasteiger charge is -2.16. The predicted molar refractivity (Wildman–Crippen MR) is 111 cm³/mol. The third kappa shape index (κ3) is 4.12. The molecule has 3 rings (SSSR count). The highest BCUT2D eigenvalue weighted by molar-refractivity contribution is 6.32. The Morgan fingerprint density at radius 1 is 1.11 bits per heavy atom. The average Bonchev–Trinajstić information content (AvgIpc) is 2.67. The van der Waals surface area contributed by atoms with Crippen LogP contribution >= 0.6 is 23.2 Å². The van der Waals surface area contributed by atoms with Gasteiger partial charge in [-0.15, -0.1) is 0 Å². The van der Waals surface area contributed by atoms with Crippen molar-refractivity contribution in [2.45, 2.75) is 12.8 Å². The summed E-state index contributed by atoms with van der Waals surface area (Å²) in [7, 11) is 0. The zero-order valence-corrected chi connectivity index (χ0v) is 16.4. The third-order valence-corrected chi connectivity index (χ3v) is 4.96. The largest absolute Gasteiger partial charge is 0.507 e. The van der Waals surface area contributed by atoms with Crippen LogP contribution in [0.2, 0.25) is 10.0 Å². The Labute approximate surface area is 173 Å². The summed E-state index contributed by atoms with van der Waals surface area (Å²) in [5.74, 6) is -1.11. The van der Waals surface area contributed by atoms with E-state index in [4.69, 9.17) is 23.2 Å². The molecule has 6 heteroatoms. The Hall–Kier alpha value is -3.00. The van der Waals surface area contributed by atoms with Gasteiger partial charge in [0.25, 0.3) is 5.91 Å². The Balaban J connectivity index is 1.92. The number of carbonyl (C=O) groups is 1. The number of para-hydroxylation sites is 1. The number of nitriles is 1. The van der Waals surface area contributed by atoms with Crippen molar-refractivity contribution in [3.63, 3.8) is 0 Å². The molecule has 1 amide bonds. The van der Waals surface area contributed by atoms with E-state index in [1.54, 1.807) is 48.5 Å². The number of phenolic OH excluding ortho intramolecular Hbond substituents is 1. The van der Waals surface area contributed by atoms with E-state index in [9.17, 15) is 15.2 Å². The Morgan fingerprint density at radius 2 is 1.79 bits per heavy atom. The maximum Gasteiger partial charge on any atom is 0.259 e. The number of anilines is 1. The van der Waals surface area contributed by atoms with Gasteiger partial charge in [0, 0.05) is 15.7 Å². The minimum absolute atomic E-state index is 0.104. The summed E-state index contributed by atoms with van der Waals surface area (Å²) < 4.78 is 0. The molecule has 0 aromatic heterocycles. The van der Waals surface area contributed by atoms with Crippen LogP contribution in [-0.2, 0) is 0 Å². The Morgan fingerprint density at radius 3 is 2.43 bits per heavy atom. The number of halogens is 2. The maximum absolute atomic E-state index is 12.4. The molecule has 0 aliphatic heterocycles. The first kappa shape index (κ1) is 19.8. The SMILES string of the molecule is Cc1cc([C@H](C#N)c2ccc(Cl)cc2)c(Cl)cc1NC(=O)c1ccccc1O. The number of amides is 1. The molecule has 4 nitrogen and oxygen atoms in total. The van der Waals surface area contributed by atoms with Crippen LogP contribution in [0.5, 0.6) is 5.75 Å². The van der Waals surface area contributed by atoms with E-state index in [1.807, 2.05) is 6.92 Å². The zero-order valence-electron chi connectivity index (χ0n) is 14.9. The Kier molecular flexibility index (Phi) is 5.89. The molecule has 0 aliphatic rings. The van der Waals surface area contributed by atoms with Crippen LogP contribution in [0.25, 0.3) is 0 Å². The highest BCUT2D eigenvalue weighted by atomic mass is 35.5. The number of hydrogen-bond donors (Lipinski definition) is 2. The van der Waals surface area contributed by atoms with E-state index in [0.29, 0.717) is 21.3 Å². The lowest BCUT2D eigenvalue weighted by Crippen LogP contribution is -2.13. The van der Waals surface area contributed by atoms with Crippen molar-refractivity contribution >= 4 is 34.8 Å². The number of nitrogens with one attached hydrogen (secondary N) is 1. The number of phenols is 1. The molecule has 140 valence electrons. The number of hydrogen-bond acceptors (Lipinski definition) is 3. The third-order valence-electron chi connectivity index (χ3n) is 4.38. The first-order valence-electron chi connectivity index (χ1n) is 8.45. The molecule has 0 saturated carbocycles. The van der Waals surface area contributed by atoms with Gasteiger partial charge in [-0.25, -0.2) is 0 Å². The molecule has 0 fully saturated rings. The summed E-state index contributed by atoms with van der Waals surface area (Å²) in [4.78, 5) is 12.4. The predicted octanol–water partition coefficient (Wildman–Crippen LogP) is 5.92. The van der Waals surface area contributed by atoms with Crippen LogP contribution in [0.1, 0.15) is 33.0 Å². The average molecular weight is 411 g/mol. The second-order valence-corrected chi connectivity index (χ2v) is 7.12. The monoisotopic (exact) mass is 410 g/mol. The smallest absolute Gasteiger partial charge is 0.259 e. The molecular formula is C22H16Cl2N2O2. The minimum Gasteiger partial charge on any atom is -0.507 e. The van der Waals surface area contributed by atoms with Gasteiger partial charge in [0.2, 0.25) is 0 Å². The summed E-state index contributed by atoms with van der Waals surface area (Å²) in [6.45, 7) is 1.82. The highest BCUT2D eigenvalue weighted by Gasteiger charge is 2.19. The fourth-order valence-electron chi connectivity index (χ4n) is 2.89. The molecule has 28 heavy (non-hydrogen) atoms. The van der Waals surface area contributed by atoms with Crippen LogP contribution in [0.3, 0.4) is 0 Å². The molecule has 2 N–H and O–H groups in total. The van der Waals surface area contributed by atoms with Gasteiger partial charge in [-0.1, -0.05) is 53.5 Å². The number of aromatic hydroxyl groups is 1. The van der Waals surface area contributed by atoms with Gasteiger partial charge in [-0.3, -0.25) is 4.79 Å². The second-order valence-electron chi connectivity index (χ2n) is 6.27. The molecule has 3 aromatic rings. The van der Waals surface area contributed by atoms with Gasteiger partial charge >= 0.3 is 0 Å². The first-order chi connectivity index (χ1) is 13.4. The number of carbonyl (C=O) groups excluding carboxylic acids is 1. The standard InChI is InChI=1S/C22H16Cl2N2O2/c1-13-10-17(18(12-25)14-6-8-15(23)9-7-14)19(24)11-20(13)26-22(28)16-4-2-3-5-21(16)27/h2-11,18,27H,1H3,(H,26,28)/t18-/m1/s1. The molecule has 0 aliphatic carbocycles. The van der Waals surface area contributed by atoms with E-state index in [-0.39, 0.29) is 11.3 Å². The van der Waals surface area contributed by atoms with Gasteiger partial charge in [0.05, 0.1) is 17.6 Å². The first-order valence-corrected chi connectivity index (χ1v) is 9.20. The normalized spacial score (nSPS) is 11.5. The molecule has 0 spiro atoms. The molecule has 0 radical (unpaired) electrons. The van der Waals surface area contributed by atoms with Crippen molar-refractivity contribution in [3.8, 4) is 11.8 Å². The summed E-state index contributed by atoms with van der Waals surface area (Å²) in [6.07, 6.45) is 0. The Bertz CT molecular complexity index is 1070. The molecule has 0 saturated heterocycles. The van der Waals surface area contributed by atoms with E-state index < -0.39 is 11.8 Å². The van der Waals surface area contributed by atoms with Crippen LogP contribution < -0.4 is 5.32 Å². The number of benzene rings is 3. The topological polar surface area (TPSA) is 73.1 Å². The number of rotatable bonds is 4. The number of aryl methyl sites for hydroxylation is 1. The maximum atomic E-state index is 12.4. The van der Waals surface area contributed by atoms with Gasteiger partial charge in [0.1, 0.15) is 5.75 Å². The quantitative estimate of drug-likeness (QED) is 0.560. The lowest BCUT2D eigenvalue weighted by atomic mass is 9.91. The molecule has 0 heterocycles. The van der Waals surface area contributed by atoms with Crippen LogP contribution in [-0.4, -0.2) is 11.0 Å².